The van der Waals surface area contributed by atoms with E-state index in [1.807, 2.05) is 42.5 Å². The minimum absolute atomic E-state index is 0.0327. The van der Waals surface area contributed by atoms with Gasteiger partial charge in [-0.3, -0.25) is 9.59 Å². The number of carbonyl (C=O) groups excluding carboxylic acids is 1. The predicted octanol–water partition coefficient (Wildman–Crippen LogP) is 3.46. The van der Waals surface area contributed by atoms with Gasteiger partial charge in [-0.25, -0.2) is 0 Å². The number of fused-ring (bicyclic) bond motifs is 1. The number of amides is 1. The predicted molar refractivity (Wildman–Crippen MR) is 95.7 cm³/mol. The van der Waals surface area contributed by atoms with Gasteiger partial charge < -0.3 is 14.7 Å². The highest BCUT2D eigenvalue weighted by atomic mass is 16.5. The van der Waals surface area contributed by atoms with Crippen LogP contribution in [0.5, 0.6) is 5.75 Å². The van der Waals surface area contributed by atoms with Crippen molar-refractivity contribution >= 4 is 22.6 Å². The number of carboxylic acids is 1. The second-order valence-electron chi connectivity index (χ2n) is 6.41. The Balaban J connectivity index is 1.49. The molecule has 2 aromatic carbocycles. The molecule has 0 saturated carbocycles. The lowest BCUT2D eigenvalue weighted by Gasteiger charge is -2.23. The van der Waals surface area contributed by atoms with Crippen LogP contribution in [-0.4, -0.2) is 41.1 Å². The number of rotatable bonds is 7. The van der Waals surface area contributed by atoms with Crippen molar-refractivity contribution in [3.05, 3.63) is 42.5 Å². The Labute approximate surface area is 147 Å². The molecule has 0 bridgehead atoms. The van der Waals surface area contributed by atoms with Crippen molar-refractivity contribution in [3.63, 3.8) is 0 Å². The Hall–Kier alpha value is -2.56. The van der Waals surface area contributed by atoms with Crippen LogP contribution in [0, 0.1) is 0 Å². The SMILES string of the molecule is O=C(O)CC1CCCN1C(=O)CCCOc1cccc2ccccc12. The molecule has 0 aliphatic carbocycles. The second-order valence-corrected chi connectivity index (χ2v) is 6.41. The summed E-state index contributed by atoms with van der Waals surface area (Å²) in [7, 11) is 0. The molecule has 1 atom stereocenters. The minimum atomic E-state index is -0.844. The molecule has 1 aliphatic heterocycles. The molecule has 1 aliphatic rings. The number of hydrogen-bond acceptors (Lipinski definition) is 3. The first-order valence-corrected chi connectivity index (χ1v) is 8.77. The average Bonchev–Trinajstić information content (AvgIpc) is 3.06. The van der Waals surface area contributed by atoms with E-state index in [0.717, 1.165) is 29.4 Å². The molecule has 0 aromatic heterocycles. The molecule has 5 heteroatoms. The van der Waals surface area contributed by atoms with E-state index in [-0.39, 0.29) is 18.4 Å². The first kappa shape index (κ1) is 17.3. The smallest absolute Gasteiger partial charge is 0.305 e. The van der Waals surface area contributed by atoms with Gasteiger partial charge in [0.15, 0.2) is 0 Å². The summed E-state index contributed by atoms with van der Waals surface area (Å²) in [4.78, 5) is 25.0. The maximum atomic E-state index is 12.3. The van der Waals surface area contributed by atoms with Gasteiger partial charge in [0.05, 0.1) is 13.0 Å². The largest absolute Gasteiger partial charge is 0.493 e. The van der Waals surface area contributed by atoms with Crippen LogP contribution in [0.1, 0.15) is 32.1 Å². The van der Waals surface area contributed by atoms with Gasteiger partial charge >= 0.3 is 5.97 Å². The summed E-state index contributed by atoms with van der Waals surface area (Å²) in [6, 6.07) is 13.8. The zero-order valence-corrected chi connectivity index (χ0v) is 14.2. The molecular formula is C20H23NO4. The number of likely N-dealkylation sites (tertiary alicyclic amines) is 1. The molecule has 3 rings (SSSR count). The van der Waals surface area contributed by atoms with Gasteiger partial charge in [-0.2, -0.15) is 0 Å². The van der Waals surface area contributed by atoms with E-state index in [4.69, 9.17) is 9.84 Å². The Bertz CT molecular complexity index is 753. The van der Waals surface area contributed by atoms with Crippen LogP contribution in [0.2, 0.25) is 0 Å². The van der Waals surface area contributed by atoms with Crippen LogP contribution in [0.25, 0.3) is 10.8 Å². The molecule has 1 fully saturated rings. The minimum Gasteiger partial charge on any atom is -0.493 e. The van der Waals surface area contributed by atoms with Crippen molar-refractivity contribution in [1.82, 2.24) is 4.90 Å². The number of aliphatic carboxylic acids is 1. The number of benzene rings is 2. The Morgan fingerprint density at radius 1 is 1.16 bits per heavy atom. The molecule has 5 nitrogen and oxygen atoms in total. The van der Waals surface area contributed by atoms with Crippen molar-refractivity contribution in [2.24, 2.45) is 0 Å². The average molecular weight is 341 g/mol. The fraction of sp³-hybridized carbons (Fsp3) is 0.400. The van der Waals surface area contributed by atoms with E-state index in [0.29, 0.717) is 26.0 Å². The molecule has 1 N–H and O–H groups in total. The maximum Gasteiger partial charge on any atom is 0.305 e. The third-order valence-electron chi connectivity index (χ3n) is 4.65. The molecule has 0 spiro atoms. The zero-order chi connectivity index (χ0) is 17.6. The molecule has 1 unspecified atom stereocenters. The highest BCUT2D eigenvalue weighted by molar-refractivity contribution is 5.88. The number of carbonyl (C=O) groups is 2. The third kappa shape index (κ3) is 4.29. The lowest BCUT2D eigenvalue weighted by Crippen LogP contribution is -2.36. The standard InChI is InChI=1S/C20H23NO4/c22-19(21-12-4-8-16(21)14-20(23)24)11-5-13-25-18-10-3-7-15-6-1-2-9-17(15)18/h1-3,6-7,9-10,16H,4-5,8,11-14H2,(H,23,24). The first-order chi connectivity index (χ1) is 12.1. The van der Waals surface area contributed by atoms with Crippen molar-refractivity contribution < 1.29 is 19.4 Å². The summed E-state index contributed by atoms with van der Waals surface area (Å²) in [5, 5.41) is 11.1. The summed E-state index contributed by atoms with van der Waals surface area (Å²) in [5.74, 6) is 0.0183. The molecule has 1 saturated heterocycles. The summed E-state index contributed by atoms with van der Waals surface area (Å²) in [6.07, 6.45) is 2.72. The van der Waals surface area contributed by atoms with Crippen LogP contribution in [0.15, 0.2) is 42.5 Å². The zero-order valence-electron chi connectivity index (χ0n) is 14.2. The summed E-state index contributed by atoms with van der Waals surface area (Å²) in [5.41, 5.74) is 0. The Morgan fingerprint density at radius 3 is 2.80 bits per heavy atom. The topological polar surface area (TPSA) is 66.8 Å². The summed E-state index contributed by atoms with van der Waals surface area (Å²) < 4.78 is 5.86. The van der Waals surface area contributed by atoms with Crippen LogP contribution in [-0.2, 0) is 9.59 Å². The monoisotopic (exact) mass is 341 g/mol. The normalized spacial score (nSPS) is 17.0. The maximum absolute atomic E-state index is 12.3. The molecule has 1 heterocycles. The van der Waals surface area contributed by atoms with Gasteiger partial charge in [0.2, 0.25) is 5.91 Å². The first-order valence-electron chi connectivity index (χ1n) is 8.77. The van der Waals surface area contributed by atoms with Crippen LogP contribution < -0.4 is 4.74 Å². The van der Waals surface area contributed by atoms with E-state index in [1.165, 1.54) is 0 Å². The van der Waals surface area contributed by atoms with E-state index in [2.05, 4.69) is 0 Å². The number of ether oxygens (including phenoxy) is 1. The number of nitrogens with zero attached hydrogens (tertiary/aromatic N) is 1. The van der Waals surface area contributed by atoms with Crippen LogP contribution in [0.3, 0.4) is 0 Å². The molecule has 0 radical (unpaired) electrons. The van der Waals surface area contributed by atoms with Gasteiger partial charge in [-0.15, -0.1) is 0 Å². The second kappa shape index (κ2) is 8.01. The third-order valence-corrected chi connectivity index (χ3v) is 4.65. The van der Waals surface area contributed by atoms with Crippen molar-refractivity contribution in [2.45, 2.75) is 38.1 Å². The van der Waals surface area contributed by atoms with Gasteiger partial charge in [-0.1, -0.05) is 36.4 Å². The van der Waals surface area contributed by atoms with Gasteiger partial charge in [0, 0.05) is 24.4 Å². The number of carboxylic acid groups (broad SMARTS) is 1. The Kier molecular flexibility index (Phi) is 5.53. The van der Waals surface area contributed by atoms with Crippen molar-refractivity contribution in [1.29, 1.82) is 0 Å². The summed E-state index contributed by atoms with van der Waals surface area (Å²) >= 11 is 0. The molecule has 1 amide bonds. The van der Waals surface area contributed by atoms with E-state index >= 15 is 0 Å². The quantitative estimate of drug-likeness (QED) is 0.783. The van der Waals surface area contributed by atoms with Crippen molar-refractivity contribution in [3.8, 4) is 5.75 Å². The van der Waals surface area contributed by atoms with E-state index < -0.39 is 5.97 Å². The van der Waals surface area contributed by atoms with Gasteiger partial charge in [0.1, 0.15) is 5.75 Å². The fourth-order valence-electron chi connectivity index (χ4n) is 3.45. The van der Waals surface area contributed by atoms with Gasteiger partial charge in [0.25, 0.3) is 0 Å². The van der Waals surface area contributed by atoms with Gasteiger partial charge in [-0.05, 0) is 30.7 Å². The molecule has 25 heavy (non-hydrogen) atoms. The Morgan fingerprint density at radius 2 is 1.96 bits per heavy atom. The summed E-state index contributed by atoms with van der Waals surface area (Å²) in [6.45, 7) is 1.14. The fourth-order valence-corrected chi connectivity index (χ4v) is 3.45. The van der Waals surface area contributed by atoms with E-state index in [1.54, 1.807) is 4.90 Å². The number of hydrogen-bond donors (Lipinski definition) is 1. The van der Waals surface area contributed by atoms with E-state index in [9.17, 15) is 9.59 Å². The molecule has 2 aromatic rings. The van der Waals surface area contributed by atoms with Crippen molar-refractivity contribution in [2.75, 3.05) is 13.2 Å². The highest BCUT2D eigenvalue weighted by Gasteiger charge is 2.29. The lowest BCUT2D eigenvalue weighted by molar-refractivity contribution is -0.139. The van der Waals surface area contributed by atoms with Crippen LogP contribution in [0.4, 0.5) is 0 Å². The molecular weight excluding hydrogens is 318 g/mol. The van der Waals surface area contributed by atoms with Crippen LogP contribution >= 0.6 is 0 Å². The molecule has 132 valence electrons. The highest BCUT2D eigenvalue weighted by Crippen LogP contribution is 2.25. The lowest BCUT2D eigenvalue weighted by atomic mass is 10.1.